The number of aromatic nitrogens is 3. The molecule has 0 spiro atoms. The minimum atomic E-state index is -0.226. The van der Waals surface area contributed by atoms with Gasteiger partial charge in [-0.05, 0) is 53.6 Å². The molecule has 0 radical (unpaired) electrons. The first-order valence-electron chi connectivity index (χ1n) is 11.7. The van der Waals surface area contributed by atoms with E-state index in [1.54, 1.807) is 7.11 Å². The number of amides is 1. The SMILES string of the molecule is COc1ccc(-n2c(SCC(=O)NN=C(C)c3ccc4ccccc4c3)nnc2-c2ccccc2)cc1. The van der Waals surface area contributed by atoms with Gasteiger partial charge in [0, 0.05) is 11.3 Å². The Hall–Kier alpha value is -4.43. The van der Waals surface area contributed by atoms with Crippen LogP contribution >= 0.6 is 11.8 Å². The molecule has 0 fully saturated rings. The standard InChI is InChI=1S/C29H25N5O2S/c1-20(23-13-12-21-8-6-7-11-24(21)18-23)30-31-27(35)19-37-29-33-32-28(22-9-4-3-5-10-22)34(29)25-14-16-26(36-2)17-15-25/h3-18H,19H2,1-2H3,(H,31,35). The van der Waals surface area contributed by atoms with E-state index in [4.69, 9.17) is 4.74 Å². The lowest BCUT2D eigenvalue weighted by Crippen LogP contribution is -2.21. The molecule has 0 atom stereocenters. The molecule has 7 nitrogen and oxygen atoms in total. The molecule has 1 aromatic heterocycles. The number of nitrogens with zero attached hydrogens (tertiary/aromatic N) is 4. The molecular weight excluding hydrogens is 482 g/mol. The molecule has 0 aliphatic heterocycles. The highest BCUT2D eigenvalue weighted by atomic mass is 32.2. The van der Waals surface area contributed by atoms with Crippen LogP contribution in [-0.2, 0) is 4.79 Å². The third-order valence-electron chi connectivity index (χ3n) is 5.84. The van der Waals surface area contributed by atoms with Crippen LogP contribution in [0.4, 0.5) is 0 Å². The number of carbonyl (C=O) groups is 1. The Labute approximate surface area is 219 Å². The van der Waals surface area contributed by atoms with Crippen LogP contribution in [0.15, 0.2) is 107 Å². The molecule has 1 heterocycles. The van der Waals surface area contributed by atoms with Crippen molar-refractivity contribution in [2.45, 2.75) is 12.1 Å². The molecule has 0 saturated carbocycles. The van der Waals surface area contributed by atoms with E-state index < -0.39 is 0 Å². The molecule has 1 N–H and O–H groups in total. The van der Waals surface area contributed by atoms with Gasteiger partial charge < -0.3 is 4.74 Å². The van der Waals surface area contributed by atoms with Crippen molar-refractivity contribution >= 4 is 34.2 Å². The van der Waals surface area contributed by atoms with Gasteiger partial charge in [0.15, 0.2) is 11.0 Å². The average molecular weight is 508 g/mol. The number of hydrazone groups is 1. The molecule has 5 rings (SSSR count). The summed E-state index contributed by atoms with van der Waals surface area (Å²) in [4.78, 5) is 12.7. The second-order valence-electron chi connectivity index (χ2n) is 8.29. The molecule has 0 saturated heterocycles. The highest BCUT2D eigenvalue weighted by Gasteiger charge is 2.17. The quantitative estimate of drug-likeness (QED) is 0.165. The monoisotopic (exact) mass is 507 g/mol. The Balaban J connectivity index is 1.32. The number of hydrogen-bond donors (Lipinski definition) is 1. The summed E-state index contributed by atoms with van der Waals surface area (Å²) < 4.78 is 7.24. The maximum absolute atomic E-state index is 12.7. The molecule has 0 aliphatic carbocycles. The van der Waals surface area contributed by atoms with Crippen LogP contribution in [0.2, 0.25) is 0 Å². The molecule has 8 heteroatoms. The minimum absolute atomic E-state index is 0.136. The van der Waals surface area contributed by atoms with Crippen molar-refractivity contribution in [2.24, 2.45) is 5.10 Å². The van der Waals surface area contributed by atoms with E-state index >= 15 is 0 Å². The Morgan fingerprint density at radius 2 is 1.65 bits per heavy atom. The van der Waals surface area contributed by atoms with Crippen molar-refractivity contribution in [3.8, 4) is 22.8 Å². The first-order chi connectivity index (χ1) is 18.1. The van der Waals surface area contributed by atoms with Gasteiger partial charge in [0.1, 0.15) is 5.75 Å². The number of rotatable bonds is 8. The Morgan fingerprint density at radius 1 is 0.919 bits per heavy atom. The third-order valence-corrected chi connectivity index (χ3v) is 6.77. The summed E-state index contributed by atoms with van der Waals surface area (Å²) in [5.74, 6) is 1.36. The summed E-state index contributed by atoms with van der Waals surface area (Å²) in [5.41, 5.74) is 6.16. The van der Waals surface area contributed by atoms with Crippen molar-refractivity contribution in [3.05, 3.63) is 103 Å². The zero-order valence-electron chi connectivity index (χ0n) is 20.5. The van der Waals surface area contributed by atoms with Gasteiger partial charge >= 0.3 is 0 Å². The van der Waals surface area contributed by atoms with E-state index in [2.05, 4.69) is 45.0 Å². The van der Waals surface area contributed by atoms with E-state index in [1.807, 2.05) is 84.3 Å². The number of fused-ring (bicyclic) bond motifs is 1. The predicted octanol–water partition coefficient (Wildman–Crippen LogP) is 5.73. The van der Waals surface area contributed by atoms with E-state index in [1.165, 1.54) is 11.8 Å². The number of hydrogen-bond acceptors (Lipinski definition) is 6. The van der Waals surface area contributed by atoms with Gasteiger partial charge in [-0.3, -0.25) is 9.36 Å². The summed E-state index contributed by atoms with van der Waals surface area (Å²) in [7, 11) is 1.63. The van der Waals surface area contributed by atoms with Crippen LogP contribution in [-0.4, -0.2) is 39.2 Å². The Bertz CT molecular complexity index is 1560. The van der Waals surface area contributed by atoms with Crippen LogP contribution in [0.5, 0.6) is 5.75 Å². The first-order valence-corrected chi connectivity index (χ1v) is 12.7. The summed E-state index contributed by atoms with van der Waals surface area (Å²) in [5, 5.41) is 16.0. The number of carbonyl (C=O) groups excluding carboxylic acids is 1. The van der Waals surface area contributed by atoms with Crippen molar-refractivity contribution in [3.63, 3.8) is 0 Å². The van der Waals surface area contributed by atoms with Crippen molar-refractivity contribution < 1.29 is 9.53 Å². The van der Waals surface area contributed by atoms with E-state index in [-0.39, 0.29) is 11.7 Å². The second kappa shape index (κ2) is 11.1. The van der Waals surface area contributed by atoms with Crippen LogP contribution in [0, 0.1) is 0 Å². The molecule has 4 aromatic carbocycles. The summed E-state index contributed by atoms with van der Waals surface area (Å²) >= 11 is 1.30. The van der Waals surface area contributed by atoms with E-state index in [0.29, 0.717) is 11.0 Å². The van der Waals surface area contributed by atoms with Gasteiger partial charge in [-0.1, -0.05) is 78.5 Å². The minimum Gasteiger partial charge on any atom is -0.497 e. The topological polar surface area (TPSA) is 81.4 Å². The van der Waals surface area contributed by atoms with Gasteiger partial charge in [0.05, 0.1) is 18.6 Å². The fourth-order valence-corrected chi connectivity index (χ4v) is 4.63. The Kier molecular flexibility index (Phi) is 7.28. The normalized spacial score (nSPS) is 11.5. The molecule has 37 heavy (non-hydrogen) atoms. The summed E-state index contributed by atoms with van der Waals surface area (Å²) in [6.45, 7) is 1.88. The van der Waals surface area contributed by atoms with Gasteiger partial charge in [-0.25, -0.2) is 5.43 Å². The smallest absolute Gasteiger partial charge is 0.250 e. The van der Waals surface area contributed by atoms with Crippen LogP contribution in [0.25, 0.3) is 27.8 Å². The maximum atomic E-state index is 12.7. The lowest BCUT2D eigenvalue weighted by molar-refractivity contribution is -0.118. The van der Waals surface area contributed by atoms with Gasteiger partial charge in [-0.15, -0.1) is 10.2 Å². The van der Waals surface area contributed by atoms with E-state index in [9.17, 15) is 4.79 Å². The fourth-order valence-electron chi connectivity index (χ4n) is 3.89. The number of methoxy groups -OCH3 is 1. The molecular formula is C29H25N5O2S. The summed E-state index contributed by atoms with van der Waals surface area (Å²) in [6.07, 6.45) is 0. The molecule has 5 aromatic rings. The fraction of sp³-hybridized carbons (Fsp3) is 0.103. The molecule has 0 unspecified atom stereocenters. The number of benzene rings is 4. The lowest BCUT2D eigenvalue weighted by atomic mass is 10.0. The lowest BCUT2D eigenvalue weighted by Gasteiger charge is -2.11. The third kappa shape index (κ3) is 5.54. The molecule has 0 bridgehead atoms. The first kappa shape index (κ1) is 24.3. The average Bonchev–Trinajstić information content (AvgIpc) is 3.39. The molecule has 0 aliphatic rings. The van der Waals surface area contributed by atoms with Gasteiger partial charge in [-0.2, -0.15) is 5.10 Å². The van der Waals surface area contributed by atoms with E-state index in [0.717, 1.165) is 39.0 Å². The van der Waals surface area contributed by atoms with Crippen LogP contribution in [0.3, 0.4) is 0 Å². The predicted molar refractivity (Wildman–Crippen MR) is 148 cm³/mol. The van der Waals surface area contributed by atoms with Crippen molar-refractivity contribution in [1.29, 1.82) is 0 Å². The zero-order chi connectivity index (χ0) is 25.6. The highest BCUT2D eigenvalue weighted by Crippen LogP contribution is 2.28. The summed E-state index contributed by atoms with van der Waals surface area (Å²) in [6, 6.07) is 31.8. The zero-order valence-corrected chi connectivity index (χ0v) is 21.3. The second-order valence-corrected chi connectivity index (χ2v) is 9.23. The highest BCUT2D eigenvalue weighted by molar-refractivity contribution is 7.99. The van der Waals surface area contributed by atoms with Crippen molar-refractivity contribution in [2.75, 3.05) is 12.9 Å². The number of thioether (sulfide) groups is 1. The van der Waals surface area contributed by atoms with Gasteiger partial charge in [0.2, 0.25) is 0 Å². The number of nitrogens with one attached hydrogen (secondary N) is 1. The largest absolute Gasteiger partial charge is 0.497 e. The Morgan fingerprint density at radius 3 is 2.41 bits per heavy atom. The van der Waals surface area contributed by atoms with Crippen LogP contribution in [0.1, 0.15) is 12.5 Å². The molecule has 184 valence electrons. The molecule has 1 amide bonds. The maximum Gasteiger partial charge on any atom is 0.250 e. The number of ether oxygens (including phenoxy) is 1. The van der Waals surface area contributed by atoms with Gasteiger partial charge in [0.25, 0.3) is 5.91 Å². The van der Waals surface area contributed by atoms with Crippen LogP contribution < -0.4 is 10.2 Å². The van der Waals surface area contributed by atoms with Crippen molar-refractivity contribution in [1.82, 2.24) is 20.2 Å².